The molecule has 0 aliphatic carbocycles. The molecular weight excluding hydrogens is 385 g/mol. The molecule has 7 heteroatoms. The van der Waals surface area contributed by atoms with Gasteiger partial charge in [0.25, 0.3) is 0 Å². The second-order valence-electron chi connectivity index (χ2n) is 6.74. The van der Waals surface area contributed by atoms with Gasteiger partial charge in [-0.05, 0) is 41.8 Å². The van der Waals surface area contributed by atoms with Gasteiger partial charge in [-0.2, -0.15) is 0 Å². The molecule has 0 bridgehead atoms. The van der Waals surface area contributed by atoms with E-state index in [0.29, 0.717) is 24.3 Å². The first-order valence-electron chi connectivity index (χ1n) is 9.69. The zero-order valence-electron chi connectivity index (χ0n) is 16.4. The van der Waals surface area contributed by atoms with E-state index in [9.17, 15) is 14.3 Å². The third-order valence-corrected chi connectivity index (χ3v) is 4.57. The molecule has 156 valence electrons. The van der Waals surface area contributed by atoms with Gasteiger partial charge in [-0.1, -0.05) is 36.4 Å². The fourth-order valence-corrected chi connectivity index (χ4v) is 3.00. The summed E-state index contributed by atoms with van der Waals surface area (Å²) in [6, 6.07) is 17.3. The van der Waals surface area contributed by atoms with Crippen LogP contribution in [0.1, 0.15) is 23.5 Å². The van der Waals surface area contributed by atoms with Crippen LogP contribution in [-0.2, 0) is 6.54 Å². The van der Waals surface area contributed by atoms with Crippen molar-refractivity contribution < 1.29 is 19.0 Å². The molecule has 0 aliphatic rings. The first kappa shape index (κ1) is 21.3. The molecular formula is C23H24FN3O3. The molecule has 0 fully saturated rings. The maximum absolute atomic E-state index is 14.3. The minimum atomic E-state index is -0.523. The lowest BCUT2D eigenvalue weighted by Crippen LogP contribution is -2.37. The zero-order valence-corrected chi connectivity index (χ0v) is 16.4. The van der Waals surface area contributed by atoms with Gasteiger partial charge in [0, 0.05) is 31.8 Å². The van der Waals surface area contributed by atoms with Crippen LogP contribution in [0.4, 0.5) is 9.18 Å². The largest absolute Gasteiger partial charge is 0.453 e. The summed E-state index contributed by atoms with van der Waals surface area (Å²) in [6.45, 7) is 0.601. The van der Waals surface area contributed by atoms with E-state index in [4.69, 9.17) is 4.74 Å². The van der Waals surface area contributed by atoms with Gasteiger partial charge >= 0.3 is 6.03 Å². The highest BCUT2D eigenvalue weighted by molar-refractivity contribution is 5.73. The molecule has 1 atom stereocenters. The van der Waals surface area contributed by atoms with Crippen LogP contribution < -0.4 is 15.4 Å². The van der Waals surface area contributed by atoms with Gasteiger partial charge in [-0.25, -0.2) is 9.18 Å². The molecule has 1 heterocycles. The SMILES string of the molecule is O=C(NCc1ccc(Oc2cccnc2)c(F)c1)NCC(CCO)c1ccccc1. The fraction of sp³-hybridized carbons (Fsp3) is 0.217. The smallest absolute Gasteiger partial charge is 0.315 e. The number of nitrogens with zero attached hydrogens (tertiary/aromatic N) is 1. The van der Waals surface area contributed by atoms with E-state index in [-0.39, 0.29) is 30.9 Å². The van der Waals surface area contributed by atoms with Crippen molar-refractivity contribution >= 4 is 6.03 Å². The van der Waals surface area contributed by atoms with Crippen LogP contribution in [0, 0.1) is 5.82 Å². The number of aliphatic hydroxyl groups is 1. The number of aromatic nitrogens is 1. The second-order valence-corrected chi connectivity index (χ2v) is 6.74. The van der Waals surface area contributed by atoms with Gasteiger partial charge in [-0.15, -0.1) is 0 Å². The maximum atomic E-state index is 14.3. The Morgan fingerprint density at radius 2 is 1.93 bits per heavy atom. The molecule has 1 unspecified atom stereocenters. The Kier molecular flexibility index (Phi) is 7.74. The lowest BCUT2D eigenvalue weighted by molar-refractivity contribution is 0.237. The van der Waals surface area contributed by atoms with E-state index in [1.165, 1.54) is 18.3 Å². The summed E-state index contributed by atoms with van der Waals surface area (Å²) >= 11 is 0. The van der Waals surface area contributed by atoms with Gasteiger partial charge in [0.15, 0.2) is 11.6 Å². The van der Waals surface area contributed by atoms with E-state index >= 15 is 0 Å². The Morgan fingerprint density at radius 3 is 2.63 bits per heavy atom. The van der Waals surface area contributed by atoms with E-state index in [2.05, 4.69) is 15.6 Å². The standard InChI is InChI=1S/C23H24FN3O3/c24-21-13-17(8-9-22(21)30-20-7-4-11-25-16-20)14-26-23(29)27-15-19(10-12-28)18-5-2-1-3-6-18/h1-9,11,13,16,19,28H,10,12,14-15H2,(H2,26,27,29). The number of carbonyl (C=O) groups excluding carboxylic acids is 1. The minimum Gasteiger partial charge on any atom is -0.453 e. The number of halogens is 1. The number of aliphatic hydroxyl groups excluding tert-OH is 1. The number of ether oxygens (including phenoxy) is 1. The van der Waals surface area contributed by atoms with Crippen molar-refractivity contribution in [2.75, 3.05) is 13.2 Å². The highest BCUT2D eigenvalue weighted by atomic mass is 19.1. The van der Waals surface area contributed by atoms with E-state index < -0.39 is 5.82 Å². The molecule has 6 nitrogen and oxygen atoms in total. The Bertz CT molecular complexity index is 939. The van der Waals surface area contributed by atoms with Crippen molar-refractivity contribution in [3.63, 3.8) is 0 Å². The summed E-state index contributed by atoms with van der Waals surface area (Å²) in [6.07, 6.45) is 3.65. The Hall–Kier alpha value is -3.45. The molecule has 0 saturated heterocycles. The van der Waals surface area contributed by atoms with Crippen LogP contribution in [0.15, 0.2) is 73.1 Å². The summed E-state index contributed by atoms with van der Waals surface area (Å²) in [7, 11) is 0. The van der Waals surface area contributed by atoms with Crippen LogP contribution in [0.5, 0.6) is 11.5 Å². The number of hydrogen-bond acceptors (Lipinski definition) is 4. The molecule has 3 aromatic rings. The highest BCUT2D eigenvalue weighted by Gasteiger charge is 2.13. The number of carbonyl (C=O) groups is 1. The Morgan fingerprint density at radius 1 is 1.10 bits per heavy atom. The molecule has 3 rings (SSSR count). The van der Waals surface area contributed by atoms with Crippen LogP contribution in [0.2, 0.25) is 0 Å². The lowest BCUT2D eigenvalue weighted by Gasteiger charge is -2.17. The number of rotatable bonds is 9. The number of pyridine rings is 1. The normalized spacial score (nSPS) is 11.5. The number of benzene rings is 2. The summed E-state index contributed by atoms with van der Waals surface area (Å²) in [5.74, 6) is 0.0253. The second kappa shape index (κ2) is 10.9. The van der Waals surface area contributed by atoms with Crippen LogP contribution >= 0.6 is 0 Å². The van der Waals surface area contributed by atoms with Gasteiger partial charge < -0.3 is 20.5 Å². The van der Waals surface area contributed by atoms with Gasteiger partial charge in [0.2, 0.25) is 0 Å². The Balaban J connectivity index is 1.50. The predicted octanol–water partition coefficient (Wildman–Crippen LogP) is 3.98. The average molecular weight is 409 g/mol. The average Bonchev–Trinajstić information content (AvgIpc) is 2.78. The topological polar surface area (TPSA) is 83.5 Å². The van der Waals surface area contributed by atoms with Crippen molar-refractivity contribution in [1.82, 2.24) is 15.6 Å². The third-order valence-electron chi connectivity index (χ3n) is 4.57. The summed E-state index contributed by atoms with van der Waals surface area (Å²) < 4.78 is 19.8. The van der Waals surface area contributed by atoms with E-state index in [1.54, 1.807) is 24.4 Å². The molecule has 3 N–H and O–H groups in total. The third kappa shape index (κ3) is 6.28. The predicted molar refractivity (Wildman–Crippen MR) is 112 cm³/mol. The van der Waals surface area contributed by atoms with Gasteiger partial charge in [0.1, 0.15) is 5.75 Å². The van der Waals surface area contributed by atoms with Gasteiger partial charge in [0.05, 0.1) is 6.20 Å². The fourth-order valence-electron chi connectivity index (χ4n) is 3.00. The molecule has 2 amide bonds. The molecule has 30 heavy (non-hydrogen) atoms. The van der Waals surface area contributed by atoms with Crippen molar-refractivity contribution in [3.05, 3.63) is 90.0 Å². The molecule has 0 saturated carbocycles. The summed E-state index contributed by atoms with van der Waals surface area (Å²) in [4.78, 5) is 16.1. The van der Waals surface area contributed by atoms with Crippen LogP contribution in [-0.4, -0.2) is 29.3 Å². The van der Waals surface area contributed by atoms with Crippen molar-refractivity contribution in [2.24, 2.45) is 0 Å². The van der Waals surface area contributed by atoms with E-state index in [0.717, 1.165) is 5.56 Å². The molecule has 2 aromatic carbocycles. The quantitative estimate of drug-likeness (QED) is 0.499. The first-order valence-corrected chi connectivity index (χ1v) is 9.69. The van der Waals surface area contributed by atoms with Crippen LogP contribution in [0.25, 0.3) is 0 Å². The zero-order chi connectivity index (χ0) is 21.2. The number of nitrogens with one attached hydrogen (secondary N) is 2. The monoisotopic (exact) mass is 409 g/mol. The molecule has 0 spiro atoms. The minimum absolute atomic E-state index is 0.0169. The number of urea groups is 1. The first-order chi connectivity index (χ1) is 14.7. The molecule has 0 radical (unpaired) electrons. The number of amides is 2. The summed E-state index contributed by atoms with van der Waals surface area (Å²) in [5.41, 5.74) is 1.66. The molecule has 0 aliphatic heterocycles. The van der Waals surface area contributed by atoms with Crippen molar-refractivity contribution in [1.29, 1.82) is 0 Å². The van der Waals surface area contributed by atoms with Crippen LogP contribution in [0.3, 0.4) is 0 Å². The number of hydrogen-bond donors (Lipinski definition) is 3. The lowest BCUT2D eigenvalue weighted by atomic mass is 9.96. The highest BCUT2D eigenvalue weighted by Crippen LogP contribution is 2.24. The van der Waals surface area contributed by atoms with Crippen molar-refractivity contribution in [3.8, 4) is 11.5 Å². The molecule has 1 aromatic heterocycles. The Labute approximate surface area is 174 Å². The van der Waals surface area contributed by atoms with Gasteiger partial charge in [-0.3, -0.25) is 4.98 Å². The van der Waals surface area contributed by atoms with Crippen molar-refractivity contribution in [2.45, 2.75) is 18.9 Å². The van der Waals surface area contributed by atoms with E-state index in [1.807, 2.05) is 30.3 Å². The summed E-state index contributed by atoms with van der Waals surface area (Å²) in [5, 5.41) is 14.8. The maximum Gasteiger partial charge on any atom is 0.315 e.